The summed E-state index contributed by atoms with van der Waals surface area (Å²) in [5.41, 5.74) is 2.42. The molecular formula is C14H8ClFI2N2. The summed E-state index contributed by atoms with van der Waals surface area (Å²) in [6.07, 6.45) is 0. The number of halogens is 4. The summed E-state index contributed by atoms with van der Waals surface area (Å²) in [4.78, 5) is 4.49. The minimum atomic E-state index is -0.245. The van der Waals surface area contributed by atoms with Gasteiger partial charge in [0.15, 0.2) is 0 Å². The van der Waals surface area contributed by atoms with Gasteiger partial charge in [0.2, 0.25) is 0 Å². The lowest BCUT2D eigenvalue weighted by molar-refractivity contribution is 0.622. The Balaban J connectivity index is 2.32. The van der Waals surface area contributed by atoms with Crippen LogP contribution >= 0.6 is 56.8 Å². The third kappa shape index (κ3) is 2.55. The van der Waals surface area contributed by atoms with Crippen molar-refractivity contribution >= 4 is 67.8 Å². The van der Waals surface area contributed by atoms with Crippen LogP contribution in [-0.2, 0) is 5.88 Å². The lowest BCUT2D eigenvalue weighted by Gasteiger charge is -2.08. The number of fused-ring (bicyclic) bond motifs is 1. The van der Waals surface area contributed by atoms with Crippen LogP contribution < -0.4 is 0 Å². The Morgan fingerprint density at radius 2 is 1.85 bits per heavy atom. The average molecular weight is 512 g/mol. The number of alkyl halides is 1. The summed E-state index contributed by atoms with van der Waals surface area (Å²) in [5, 5.41) is 0. The first-order valence-electron chi connectivity index (χ1n) is 5.78. The minimum Gasteiger partial charge on any atom is -0.295 e. The van der Waals surface area contributed by atoms with E-state index in [4.69, 9.17) is 11.6 Å². The maximum absolute atomic E-state index is 13.8. The van der Waals surface area contributed by atoms with Crippen molar-refractivity contribution in [2.24, 2.45) is 0 Å². The summed E-state index contributed by atoms with van der Waals surface area (Å²) in [7, 11) is 0. The van der Waals surface area contributed by atoms with Gasteiger partial charge in [-0.2, -0.15) is 0 Å². The predicted molar refractivity (Wildman–Crippen MR) is 96.0 cm³/mol. The Bertz CT molecular complexity index is 784. The van der Waals surface area contributed by atoms with E-state index in [0.29, 0.717) is 9.39 Å². The van der Waals surface area contributed by atoms with Gasteiger partial charge in [0.1, 0.15) is 11.6 Å². The van der Waals surface area contributed by atoms with E-state index in [0.717, 1.165) is 20.3 Å². The normalized spacial score (nSPS) is 11.2. The quantitative estimate of drug-likeness (QED) is 0.345. The Hall–Kier alpha value is -0.410. The van der Waals surface area contributed by atoms with Crippen LogP contribution in [0, 0.1) is 13.0 Å². The average Bonchev–Trinajstić information content (AvgIpc) is 2.78. The summed E-state index contributed by atoms with van der Waals surface area (Å²) in [6, 6.07) is 11.2. The number of aromatic nitrogens is 2. The van der Waals surface area contributed by atoms with Crippen LogP contribution in [0.15, 0.2) is 36.4 Å². The lowest BCUT2D eigenvalue weighted by Crippen LogP contribution is -1.99. The molecule has 0 saturated carbocycles. The number of rotatable bonds is 2. The molecule has 102 valence electrons. The Morgan fingerprint density at radius 3 is 2.50 bits per heavy atom. The zero-order chi connectivity index (χ0) is 14.3. The number of hydrogen-bond acceptors (Lipinski definition) is 1. The molecule has 0 N–H and O–H groups in total. The van der Waals surface area contributed by atoms with Gasteiger partial charge in [-0.15, -0.1) is 11.6 Å². The molecule has 2 nitrogen and oxygen atoms in total. The molecule has 0 spiro atoms. The van der Waals surface area contributed by atoms with Crippen molar-refractivity contribution in [3.63, 3.8) is 0 Å². The van der Waals surface area contributed by atoms with Gasteiger partial charge in [-0.3, -0.25) is 4.57 Å². The van der Waals surface area contributed by atoms with Crippen molar-refractivity contribution in [2.45, 2.75) is 5.88 Å². The smallest absolute Gasteiger partial charge is 0.138 e. The fourth-order valence-electron chi connectivity index (χ4n) is 2.09. The highest BCUT2D eigenvalue weighted by Gasteiger charge is 2.14. The molecule has 0 aliphatic heterocycles. The Morgan fingerprint density at radius 1 is 1.15 bits per heavy atom. The molecule has 3 rings (SSSR count). The SMILES string of the molecule is Fc1cc2c(cc1I)nc(CCl)n2-c1ccc(I)cc1. The van der Waals surface area contributed by atoms with E-state index in [-0.39, 0.29) is 11.7 Å². The third-order valence-corrected chi connectivity index (χ3v) is 4.76. The maximum Gasteiger partial charge on any atom is 0.138 e. The summed E-state index contributed by atoms with van der Waals surface area (Å²) in [6.45, 7) is 0. The van der Waals surface area contributed by atoms with Crippen LogP contribution in [0.4, 0.5) is 4.39 Å². The van der Waals surface area contributed by atoms with Crippen LogP contribution in [0.3, 0.4) is 0 Å². The second-order valence-corrected chi connectivity index (χ2v) is 6.90. The van der Waals surface area contributed by atoms with Crippen molar-refractivity contribution in [1.29, 1.82) is 0 Å². The van der Waals surface area contributed by atoms with Crippen LogP contribution in [0.1, 0.15) is 5.82 Å². The molecule has 0 radical (unpaired) electrons. The van der Waals surface area contributed by atoms with Crippen LogP contribution in [0.5, 0.6) is 0 Å². The minimum absolute atomic E-state index is 0.245. The van der Waals surface area contributed by atoms with Crippen LogP contribution in [-0.4, -0.2) is 9.55 Å². The van der Waals surface area contributed by atoms with Gasteiger partial charge >= 0.3 is 0 Å². The highest BCUT2D eigenvalue weighted by molar-refractivity contribution is 14.1. The Kier molecular flexibility index (Phi) is 4.19. The largest absolute Gasteiger partial charge is 0.295 e. The van der Waals surface area contributed by atoms with E-state index < -0.39 is 0 Å². The van der Waals surface area contributed by atoms with Gasteiger partial charge in [-0.05, 0) is 75.5 Å². The second kappa shape index (κ2) is 5.76. The van der Waals surface area contributed by atoms with Crippen molar-refractivity contribution in [3.8, 4) is 5.69 Å². The van der Waals surface area contributed by atoms with Crippen molar-refractivity contribution in [2.75, 3.05) is 0 Å². The fourth-order valence-corrected chi connectivity index (χ4v) is 3.08. The molecule has 0 aliphatic rings. The molecular weight excluding hydrogens is 504 g/mol. The number of imidazole rings is 1. The highest BCUT2D eigenvalue weighted by atomic mass is 127. The monoisotopic (exact) mass is 512 g/mol. The van der Waals surface area contributed by atoms with Crippen molar-refractivity contribution in [3.05, 3.63) is 55.2 Å². The van der Waals surface area contributed by atoms with E-state index >= 15 is 0 Å². The molecule has 0 saturated heterocycles. The predicted octanol–water partition coefficient (Wildman–Crippen LogP) is 5.11. The highest BCUT2D eigenvalue weighted by Crippen LogP contribution is 2.26. The van der Waals surface area contributed by atoms with Crippen LogP contribution in [0.2, 0.25) is 0 Å². The molecule has 0 unspecified atom stereocenters. The van der Waals surface area contributed by atoms with E-state index in [2.05, 4.69) is 27.6 Å². The molecule has 0 amide bonds. The number of hydrogen-bond donors (Lipinski definition) is 0. The molecule has 1 aromatic heterocycles. The molecule has 3 aromatic rings. The van der Waals surface area contributed by atoms with Gasteiger partial charge in [0.05, 0.1) is 20.5 Å². The van der Waals surface area contributed by atoms with Crippen molar-refractivity contribution < 1.29 is 4.39 Å². The van der Waals surface area contributed by atoms with Gasteiger partial charge in [0.25, 0.3) is 0 Å². The molecule has 6 heteroatoms. The molecule has 0 aliphatic carbocycles. The topological polar surface area (TPSA) is 17.8 Å². The van der Waals surface area contributed by atoms with Crippen molar-refractivity contribution in [1.82, 2.24) is 9.55 Å². The van der Waals surface area contributed by atoms with E-state index in [1.165, 1.54) is 6.07 Å². The first-order valence-corrected chi connectivity index (χ1v) is 8.47. The van der Waals surface area contributed by atoms with Gasteiger partial charge in [0, 0.05) is 15.3 Å². The first-order chi connectivity index (χ1) is 9.60. The van der Waals surface area contributed by atoms with Gasteiger partial charge in [-0.25, -0.2) is 9.37 Å². The summed E-state index contributed by atoms with van der Waals surface area (Å²) >= 11 is 10.2. The maximum atomic E-state index is 13.8. The molecule has 0 atom stereocenters. The van der Waals surface area contributed by atoms with Gasteiger partial charge < -0.3 is 0 Å². The first kappa shape index (κ1) is 14.5. The summed E-state index contributed by atoms with van der Waals surface area (Å²) in [5.74, 6) is 0.744. The second-order valence-electron chi connectivity index (χ2n) is 4.23. The summed E-state index contributed by atoms with van der Waals surface area (Å²) < 4.78 is 17.4. The Labute approximate surface area is 147 Å². The molecule has 1 heterocycles. The zero-order valence-electron chi connectivity index (χ0n) is 10.1. The molecule has 0 bridgehead atoms. The standard InChI is InChI=1S/C14H8ClFI2N2/c15-7-14-19-12-6-11(18)10(16)5-13(12)20(14)9-3-1-8(17)2-4-9/h1-6H,7H2. The number of nitrogens with zero attached hydrogens (tertiary/aromatic N) is 2. The third-order valence-electron chi connectivity index (χ3n) is 2.97. The zero-order valence-corrected chi connectivity index (χ0v) is 15.1. The van der Waals surface area contributed by atoms with E-state index in [1.807, 2.05) is 51.4 Å². The number of benzene rings is 2. The molecule has 0 fully saturated rings. The van der Waals surface area contributed by atoms with E-state index in [9.17, 15) is 4.39 Å². The van der Waals surface area contributed by atoms with E-state index in [1.54, 1.807) is 6.07 Å². The van der Waals surface area contributed by atoms with Gasteiger partial charge in [-0.1, -0.05) is 0 Å². The lowest BCUT2D eigenvalue weighted by atomic mass is 10.2. The molecule has 20 heavy (non-hydrogen) atoms. The van der Waals surface area contributed by atoms with Crippen LogP contribution in [0.25, 0.3) is 16.7 Å². The fraction of sp³-hybridized carbons (Fsp3) is 0.0714. The molecule has 2 aromatic carbocycles.